The van der Waals surface area contributed by atoms with Crippen molar-refractivity contribution in [3.63, 3.8) is 0 Å². The summed E-state index contributed by atoms with van der Waals surface area (Å²) < 4.78 is 0. The first kappa shape index (κ1) is 25.0. The lowest BCUT2D eigenvalue weighted by Gasteiger charge is -2.36. The number of carbonyl (C=O) groups is 2. The van der Waals surface area contributed by atoms with E-state index in [0.717, 1.165) is 68.9 Å². The van der Waals surface area contributed by atoms with E-state index in [1.807, 2.05) is 42.2 Å². The quantitative estimate of drug-likeness (QED) is 0.464. The van der Waals surface area contributed by atoms with Gasteiger partial charge < -0.3 is 15.1 Å². The van der Waals surface area contributed by atoms with Gasteiger partial charge in [-0.2, -0.15) is 0 Å². The Morgan fingerprint density at radius 2 is 1.57 bits per heavy atom. The number of hydrogen-bond donors (Lipinski definition) is 1. The number of amides is 2. The van der Waals surface area contributed by atoms with Gasteiger partial charge in [-0.15, -0.1) is 0 Å². The molecule has 0 atom stereocenters. The van der Waals surface area contributed by atoms with Crippen LogP contribution in [-0.4, -0.2) is 62.5 Å². The van der Waals surface area contributed by atoms with Gasteiger partial charge in [0.2, 0.25) is 5.91 Å². The fraction of sp³-hybridized carbons (Fsp3) is 0.355. The molecule has 0 aliphatic carbocycles. The molecule has 6 nitrogen and oxygen atoms in total. The van der Waals surface area contributed by atoms with Crippen molar-refractivity contribution in [1.82, 2.24) is 10.2 Å². The maximum Gasteiger partial charge on any atom is 0.251 e. The summed E-state index contributed by atoms with van der Waals surface area (Å²) >= 11 is 0. The van der Waals surface area contributed by atoms with Gasteiger partial charge in [0.15, 0.2) is 0 Å². The van der Waals surface area contributed by atoms with E-state index < -0.39 is 0 Å². The fourth-order valence-electron chi connectivity index (χ4n) is 5.32. The number of para-hydroxylation sites is 1. The number of piperazine rings is 1. The third-order valence-electron chi connectivity index (χ3n) is 7.49. The average Bonchev–Trinajstić information content (AvgIpc) is 3.39. The van der Waals surface area contributed by atoms with Crippen LogP contribution >= 0.6 is 0 Å². The lowest BCUT2D eigenvalue weighted by Crippen LogP contribution is -2.47. The Hall–Kier alpha value is -3.64. The van der Waals surface area contributed by atoms with E-state index in [-0.39, 0.29) is 11.8 Å². The minimum Gasteiger partial charge on any atom is -0.369 e. The molecule has 0 aromatic heterocycles. The number of nitrogens with one attached hydrogen (secondary N) is 1. The van der Waals surface area contributed by atoms with Gasteiger partial charge in [-0.25, -0.2) is 0 Å². The maximum atomic E-state index is 12.7. The van der Waals surface area contributed by atoms with Gasteiger partial charge in [-0.05, 0) is 72.5 Å². The first-order chi connectivity index (χ1) is 18.1. The second-order valence-corrected chi connectivity index (χ2v) is 9.84. The van der Waals surface area contributed by atoms with Crippen LogP contribution in [0.25, 0.3) is 11.1 Å². The maximum absolute atomic E-state index is 12.7. The minimum absolute atomic E-state index is 0.0249. The van der Waals surface area contributed by atoms with Crippen LogP contribution in [0.2, 0.25) is 0 Å². The van der Waals surface area contributed by atoms with Crippen molar-refractivity contribution in [3.8, 4) is 11.1 Å². The van der Waals surface area contributed by atoms with Crippen LogP contribution in [0.3, 0.4) is 0 Å². The van der Waals surface area contributed by atoms with Crippen LogP contribution in [-0.2, 0) is 11.2 Å². The molecule has 3 aromatic rings. The average molecular weight is 497 g/mol. The van der Waals surface area contributed by atoms with Crippen LogP contribution in [0.1, 0.15) is 35.7 Å². The number of nitrogens with zero attached hydrogens (tertiary/aromatic N) is 3. The van der Waals surface area contributed by atoms with Crippen molar-refractivity contribution in [2.45, 2.75) is 26.2 Å². The summed E-state index contributed by atoms with van der Waals surface area (Å²) in [6.07, 6.45) is 2.36. The zero-order valence-electron chi connectivity index (χ0n) is 21.7. The van der Waals surface area contributed by atoms with Crippen LogP contribution in [0.4, 0.5) is 11.4 Å². The molecule has 6 heteroatoms. The zero-order valence-corrected chi connectivity index (χ0v) is 21.7. The molecule has 1 N–H and O–H groups in total. The molecular weight excluding hydrogens is 460 g/mol. The molecule has 0 radical (unpaired) electrons. The van der Waals surface area contributed by atoms with E-state index in [9.17, 15) is 9.59 Å². The highest BCUT2D eigenvalue weighted by atomic mass is 16.2. The third-order valence-corrected chi connectivity index (χ3v) is 7.49. The summed E-state index contributed by atoms with van der Waals surface area (Å²) in [6, 6.07) is 24.7. The normalized spacial score (nSPS) is 15.5. The van der Waals surface area contributed by atoms with Crippen LogP contribution in [0, 0.1) is 0 Å². The Morgan fingerprint density at radius 1 is 0.838 bits per heavy atom. The molecule has 1 saturated heterocycles. The first-order valence-electron chi connectivity index (χ1n) is 13.5. The molecule has 2 amide bonds. The molecule has 37 heavy (non-hydrogen) atoms. The lowest BCUT2D eigenvalue weighted by atomic mass is 10.0. The molecule has 5 rings (SSSR count). The van der Waals surface area contributed by atoms with Crippen molar-refractivity contribution >= 4 is 23.2 Å². The number of benzene rings is 3. The fourth-order valence-corrected chi connectivity index (χ4v) is 5.32. The number of fused-ring (bicyclic) bond motifs is 1. The van der Waals surface area contributed by atoms with E-state index in [0.29, 0.717) is 18.5 Å². The smallest absolute Gasteiger partial charge is 0.251 e. The van der Waals surface area contributed by atoms with Gasteiger partial charge in [-0.1, -0.05) is 43.3 Å². The number of rotatable bonds is 8. The summed E-state index contributed by atoms with van der Waals surface area (Å²) in [4.78, 5) is 31.6. The molecule has 1 fully saturated rings. The second-order valence-electron chi connectivity index (χ2n) is 9.84. The van der Waals surface area contributed by atoms with Crippen molar-refractivity contribution in [1.29, 1.82) is 0 Å². The SMILES string of the molecule is CCC(=O)N1CCc2cc(-c3ccc(C(=O)NCCCN4CCN(c5ccccc5)CC4)cc3)ccc21. The van der Waals surface area contributed by atoms with Gasteiger partial charge in [0, 0.05) is 62.6 Å². The summed E-state index contributed by atoms with van der Waals surface area (Å²) in [5.74, 6) is 0.149. The molecule has 192 valence electrons. The van der Waals surface area contributed by atoms with Gasteiger partial charge in [-0.3, -0.25) is 14.5 Å². The molecule has 2 aliphatic heterocycles. The number of hydrogen-bond acceptors (Lipinski definition) is 4. The number of anilines is 2. The van der Waals surface area contributed by atoms with Crippen molar-refractivity contribution in [2.24, 2.45) is 0 Å². The minimum atomic E-state index is -0.0249. The molecule has 0 saturated carbocycles. The van der Waals surface area contributed by atoms with Crippen molar-refractivity contribution < 1.29 is 9.59 Å². The highest BCUT2D eigenvalue weighted by molar-refractivity contribution is 5.96. The first-order valence-corrected chi connectivity index (χ1v) is 13.5. The van der Waals surface area contributed by atoms with Crippen LogP contribution in [0.5, 0.6) is 0 Å². The van der Waals surface area contributed by atoms with Gasteiger partial charge in [0.25, 0.3) is 5.91 Å². The van der Waals surface area contributed by atoms with Crippen LogP contribution in [0.15, 0.2) is 72.8 Å². The molecular formula is C31H36N4O2. The predicted molar refractivity (Wildman–Crippen MR) is 150 cm³/mol. The van der Waals surface area contributed by atoms with E-state index in [4.69, 9.17) is 0 Å². The molecule has 0 bridgehead atoms. The Labute approximate surface area is 219 Å². The Kier molecular flexibility index (Phi) is 7.85. The predicted octanol–water partition coefficient (Wildman–Crippen LogP) is 4.59. The Bertz CT molecular complexity index is 1220. The topological polar surface area (TPSA) is 55.9 Å². The molecule has 2 heterocycles. The van der Waals surface area contributed by atoms with Gasteiger partial charge >= 0.3 is 0 Å². The lowest BCUT2D eigenvalue weighted by molar-refractivity contribution is -0.118. The highest BCUT2D eigenvalue weighted by Crippen LogP contribution is 2.32. The molecule has 3 aromatic carbocycles. The van der Waals surface area contributed by atoms with E-state index in [2.05, 4.69) is 57.6 Å². The molecule has 0 unspecified atom stereocenters. The highest BCUT2D eigenvalue weighted by Gasteiger charge is 2.23. The van der Waals surface area contributed by atoms with Gasteiger partial charge in [0.1, 0.15) is 0 Å². The Morgan fingerprint density at radius 3 is 2.30 bits per heavy atom. The summed E-state index contributed by atoms with van der Waals surface area (Å²) in [5, 5.41) is 3.07. The summed E-state index contributed by atoms with van der Waals surface area (Å²) in [5.41, 5.74) is 6.42. The summed E-state index contributed by atoms with van der Waals surface area (Å²) in [7, 11) is 0. The van der Waals surface area contributed by atoms with Gasteiger partial charge in [0.05, 0.1) is 0 Å². The van der Waals surface area contributed by atoms with Crippen LogP contribution < -0.4 is 15.1 Å². The third kappa shape index (κ3) is 5.86. The molecule has 2 aliphatic rings. The van der Waals surface area contributed by atoms with Crippen molar-refractivity contribution in [3.05, 3.63) is 83.9 Å². The van der Waals surface area contributed by atoms with E-state index in [1.165, 1.54) is 11.3 Å². The monoisotopic (exact) mass is 496 g/mol. The zero-order chi connectivity index (χ0) is 25.6. The summed E-state index contributed by atoms with van der Waals surface area (Å²) in [6.45, 7) is 8.54. The van der Waals surface area contributed by atoms with Crippen molar-refractivity contribution in [2.75, 3.05) is 55.6 Å². The number of carbonyl (C=O) groups excluding carboxylic acids is 2. The van der Waals surface area contributed by atoms with E-state index in [1.54, 1.807) is 0 Å². The van der Waals surface area contributed by atoms with E-state index >= 15 is 0 Å². The standard InChI is InChI=1S/C31H36N4O2/c1-2-30(36)35-18-15-27-23-26(13-14-29(27)35)24-9-11-25(12-10-24)31(37)32-16-6-17-33-19-21-34(22-20-33)28-7-4-3-5-8-28/h3-5,7-14,23H,2,6,15-22H2,1H3,(H,32,37). The largest absolute Gasteiger partial charge is 0.369 e. The Balaban J connectivity index is 1.07. The second kappa shape index (κ2) is 11.6. The molecule has 0 spiro atoms.